The molecular weight excluding hydrogens is 322 g/mol. The van der Waals surface area contributed by atoms with E-state index in [1.165, 1.54) is 56.6 Å². The van der Waals surface area contributed by atoms with Gasteiger partial charge in [0.05, 0.1) is 0 Å². The van der Waals surface area contributed by atoms with E-state index in [4.69, 9.17) is 0 Å². The Morgan fingerprint density at radius 3 is 2.38 bits per heavy atom. The van der Waals surface area contributed by atoms with Crippen LogP contribution in [0.2, 0.25) is 0 Å². The van der Waals surface area contributed by atoms with Crippen molar-refractivity contribution in [1.29, 1.82) is 0 Å². The molecule has 138 valence electrons. The van der Waals surface area contributed by atoms with E-state index in [1.54, 1.807) is 6.07 Å². The first-order valence-corrected chi connectivity index (χ1v) is 9.88. The van der Waals surface area contributed by atoms with Gasteiger partial charge in [0.2, 0.25) is 0 Å². The number of aromatic hydroxyl groups is 1. The second-order valence-corrected chi connectivity index (χ2v) is 7.93. The zero-order valence-corrected chi connectivity index (χ0v) is 15.4. The van der Waals surface area contributed by atoms with Gasteiger partial charge >= 0.3 is 0 Å². The van der Waals surface area contributed by atoms with Crippen molar-refractivity contribution in [2.24, 2.45) is 11.8 Å². The first-order chi connectivity index (χ1) is 12.8. The maximum atomic E-state index is 9.65. The molecule has 2 fully saturated rings. The molecule has 2 aliphatic rings. The molecule has 2 aromatic rings. The van der Waals surface area contributed by atoms with E-state index in [1.807, 2.05) is 30.6 Å². The Labute approximate surface area is 156 Å². The first kappa shape index (κ1) is 17.5. The van der Waals surface area contributed by atoms with Crippen molar-refractivity contribution in [2.75, 3.05) is 26.2 Å². The third-order valence-corrected chi connectivity index (χ3v) is 6.05. The van der Waals surface area contributed by atoms with Crippen LogP contribution in [0.5, 0.6) is 5.75 Å². The van der Waals surface area contributed by atoms with Crippen molar-refractivity contribution < 1.29 is 5.11 Å². The van der Waals surface area contributed by atoms with Crippen LogP contribution in [0, 0.1) is 11.8 Å². The Morgan fingerprint density at radius 1 is 0.885 bits per heavy atom. The lowest BCUT2D eigenvalue weighted by Gasteiger charge is -2.35. The van der Waals surface area contributed by atoms with E-state index in [9.17, 15) is 5.11 Å². The molecule has 4 rings (SSSR count). The molecular formula is C22H29N3O. The van der Waals surface area contributed by atoms with E-state index in [0.717, 1.165) is 24.9 Å². The lowest BCUT2D eigenvalue weighted by Crippen LogP contribution is -2.36. The van der Waals surface area contributed by atoms with Gasteiger partial charge in [-0.05, 0) is 80.1 Å². The van der Waals surface area contributed by atoms with Crippen LogP contribution in [-0.4, -0.2) is 46.1 Å². The van der Waals surface area contributed by atoms with Crippen molar-refractivity contribution in [3.63, 3.8) is 0 Å². The fourth-order valence-electron chi connectivity index (χ4n) is 4.64. The highest BCUT2D eigenvalue weighted by molar-refractivity contribution is 5.27. The summed E-state index contributed by atoms with van der Waals surface area (Å²) in [5, 5.41) is 9.65. The van der Waals surface area contributed by atoms with Gasteiger partial charge in [-0.3, -0.25) is 14.8 Å². The Hall–Kier alpha value is -1.91. The summed E-state index contributed by atoms with van der Waals surface area (Å²) in [6.07, 6.45) is 7.81. The number of hydrogen-bond donors (Lipinski definition) is 1. The standard InChI is InChI=1S/C22H29N3O/c26-22-5-1-3-18(13-22)15-25-12-8-21(17-25)20-6-10-24(11-7-20)16-19-4-2-9-23-14-19/h1-5,9,13-14,20-21,26H,6-8,10-12,15-17H2. The van der Waals surface area contributed by atoms with Gasteiger partial charge in [-0.25, -0.2) is 0 Å². The van der Waals surface area contributed by atoms with Crippen molar-refractivity contribution >= 4 is 0 Å². The second kappa shape index (κ2) is 8.19. The summed E-state index contributed by atoms with van der Waals surface area (Å²) in [5.74, 6) is 2.08. The van der Waals surface area contributed by atoms with Crippen LogP contribution in [0.15, 0.2) is 48.8 Å². The Morgan fingerprint density at radius 2 is 1.62 bits per heavy atom. The molecule has 0 saturated carbocycles. The summed E-state index contributed by atoms with van der Waals surface area (Å²) in [6.45, 7) is 6.82. The monoisotopic (exact) mass is 351 g/mol. The molecule has 2 aliphatic heterocycles. The molecule has 4 nitrogen and oxygen atoms in total. The topological polar surface area (TPSA) is 39.6 Å². The molecule has 1 unspecified atom stereocenters. The Balaban J connectivity index is 1.24. The zero-order valence-electron chi connectivity index (χ0n) is 15.4. The maximum absolute atomic E-state index is 9.65. The van der Waals surface area contributed by atoms with E-state index >= 15 is 0 Å². The average Bonchev–Trinajstić information content (AvgIpc) is 3.12. The molecule has 2 saturated heterocycles. The van der Waals surface area contributed by atoms with Crippen LogP contribution in [-0.2, 0) is 13.1 Å². The van der Waals surface area contributed by atoms with Crippen LogP contribution < -0.4 is 0 Å². The highest BCUT2D eigenvalue weighted by atomic mass is 16.3. The molecule has 1 aromatic carbocycles. The average molecular weight is 351 g/mol. The molecule has 1 N–H and O–H groups in total. The molecule has 0 bridgehead atoms. The molecule has 1 atom stereocenters. The number of piperidine rings is 1. The smallest absolute Gasteiger partial charge is 0.115 e. The van der Waals surface area contributed by atoms with Gasteiger partial charge in [0.1, 0.15) is 5.75 Å². The number of hydrogen-bond acceptors (Lipinski definition) is 4. The van der Waals surface area contributed by atoms with E-state index in [2.05, 4.69) is 26.9 Å². The summed E-state index contributed by atoms with van der Waals surface area (Å²) in [6, 6.07) is 11.9. The van der Waals surface area contributed by atoms with Gasteiger partial charge < -0.3 is 5.11 Å². The van der Waals surface area contributed by atoms with Crippen molar-refractivity contribution in [2.45, 2.75) is 32.4 Å². The van der Waals surface area contributed by atoms with Crippen molar-refractivity contribution in [3.8, 4) is 5.75 Å². The summed E-state index contributed by atoms with van der Waals surface area (Å²) >= 11 is 0. The highest BCUT2D eigenvalue weighted by Crippen LogP contribution is 2.33. The van der Waals surface area contributed by atoms with Crippen LogP contribution >= 0.6 is 0 Å². The zero-order chi connectivity index (χ0) is 17.8. The minimum Gasteiger partial charge on any atom is -0.508 e. The minimum absolute atomic E-state index is 0.374. The van der Waals surface area contributed by atoms with Crippen molar-refractivity contribution in [3.05, 3.63) is 59.9 Å². The molecule has 0 radical (unpaired) electrons. The Bertz CT molecular complexity index is 698. The highest BCUT2D eigenvalue weighted by Gasteiger charge is 2.31. The molecule has 0 spiro atoms. The van der Waals surface area contributed by atoms with Crippen molar-refractivity contribution in [1.82, 2.24) is 14.8 Å². The minimum atomic E-state index is 0.374. The summed E-state index contributed by atoms with van der Waals surface area (Å²) in [4.78, 5) is 9.36. The number of phenolic OH excluding ortho intramolecular Hbond substituents is 1. The van der Waals surface area contributed by atoms with Gasteiger partial charge in [0.15, 0.2) is 0 Å². The number of aromatic nitrogens is 1. The first-order valence-electron chi connectivity index (χ1n) is 9.88. The van der Waals surface area contributed by atoms with Crippen LogP contribution in [0.1, 0.15) is 30.4 Å². The van der Waals surface area contributed by atoms with Gasteiger partial charge in [-0.1, -0.05) is 18.2 Å². The lowest BCUT2D eigenvalue weighted by atomic mass is 9.83. The third kappa shape index (κ3) is 4.43. The third-order valence-electron chi connectivity index (χ3n) is 6.05. The van der Waals surface area contributed by atoms with E-state index < -0.39 is 0 Å². The molecule has 0 amide bonds. The maximum Gasteiger partial charge on any atom is 0.115 e. The number of likely N-dealkylation sites (tertiary alicyclic amines) is 2. The lowest BCUT2D eigenvalue weighted by molar-refractivity contribution is 0.141. The largest absolute Gasteiger partial charge is 0.508 e. The number of phenols is 1. The summed E-state index contributed by atoms with van der Waals surface area (Å²) in [7, 11) is 0. The molecule has 4 heteroatoms. The summed E-state index contributed by atoms with van der Waals surface area (Å²) in [5.41, 5.74) is 2.54. The number of nitrogens with zero attached hydrogens (tertiary/aromatic N) is 3. The second-order valence-electron chi connectivity index (χ2n) is 7.93. The summed E-state index contributed by atoms with van der Waals surface area (Å²) < 4.78 is 0. The Kier molecular flexibility index (Phi) is 5.51. The van der Waals surface area contributed by atoms with Crippen LogP contribution in [0.25, 0.3) is 0 Å². The predicted molar refractivity (Wildman–Crippen MR) is 104 cm³/mol. The predicted octanol–water partition coefficient (Wildman–Crippen LogP) is 3.52. The van der Waals surface area contributed by atoms with E-state index in [-0.39, 0.29) is 0 Å². The normalized spacial score (nSPS) is 22.7. The number of rotatable bonds is 5. The molecule has 0 aliphatic carbocycles. The van der Waals surface area contributed by atoms with E-state index in [0.29, 0.717) is 5.75 Å². The number of pyridine rings is 1. The fraction of sp³-hybridized carbons (Fsp3) is 0.500. The van der Waals surface area contributed by atoms with Crippen LogP contribution in [0.4, 0.5) is 0 Å². The molecule has 3 heterocycles. The quantitative estimate of drug-likeness (QED) is 0.895. The van der Waals surface area contributed by atoms with Gasteiger partial charge in [-0.15, -0.1) is 0 Å². The van der Waals surface area contributed by atoms with Gasteiger partial charge in [-0.2, -0.15) is 0 Å². The number of benzene rings is 1. The van der Waals surface area contributed by atoms with Crippen LogP contribution in [0.3, 0.4) is 0 Å². The SMILES string of the molecule is Oc1cccc(CN2CCC(C3CCN(Cc4cccnc4)CC3)C2)c1. The molecule has 1 aromatic heterocycles. The van der Waals surface area contributed by atoms with Gasteiger partial charge in [0.25, 0.3) is 0 Å². The van der Waals surface area contributed by atoms with Gasteiger partial charge in [0, 0.05) is 32.0 Å². The fourth-order valence-corrected chi connectivity index (χ4v) is 4.64. The molecule has 26 heavy (non-hydrogen) atoms.